The largest absolute Gasteiger partial charge is 0.328 e. The van der Waals surface area contributed by atoms with Gasteiger partial charge in [-0.3, -0.25) is 9.36 Å². The van der Waals surface area contributed by atoms with Gasteiger partial charge >= 0.3 is 5.69 Å². The third-order valence-corrected chi connectivity index (χ3v) is 1.75. The topological polar surface area (TPSA) is 80.9 Å². The Balaban J connectivity index is 2.88. The average molecular weight is 183 g/mol. The summed E-state index contributed by atoms with van der Waals surface area (Å²) < 4.78 is 1.14. The van der Waals surface area contributed by atoms with Crippen molar-refractivity contribution in [2.24, 2.45) is 5.73 Å². The van der Waals surface area contributed by atoms with Gasteiger partial charge in [0.05, 0.1) is 0 Å². The van der Waals surface area contributed by atoms with Crippen LogP contribution in [0.15, 0.2) is 21.9 Å². The normalized spacial score (nSPS) is 12.8. The van der Waals surface area contributed by atoms with Crippen LogP contribution in [0, 0.1) is 0 Å². The molecule has 1 aromatic rings. The third kappa shape index (κ3) is 2.55. The molecular formula is C8H13N3O2. The van der Waals surface area contributed by atoms with Crippen molar-refractivity contribution in [3.05, 3.63) is 33.1 Å². The van der Waals surface area contributed by atoms with E-state index in [1.807, 2.05) is 6.92 Å². The number of nitrogens with one attached hydrogen (secondary N) is 1. The molecule has 5 heteroatoms. The number of aromatic nitrogens is 2. The molecule has 0 aliphatic heterocycles. The van der Waals surface area contributed by atoms with Gasteiger partial charge in [0.25, 0.3) is 5.56 Å². The van der Waals surface area contributed by atoms with Gasteiger partial charge in [0.1, 0.15) is 0 Å². The van der Waals surface area contributed by atoms with E-state index in [4.69, 9.17) is 5.73 Å². The van der Waals surface area contributed by atoms with Gasteiger partial charge in [0, 0.05) is 24.8 Å². The molecule has 0 fully saturated rings. The molecular weight excluding hydrogens is 170 g/mol. The zero-order chi connectivity index (χ0) is 9.84. The van der Waals surface area contributed by atoms with E-state index in [2.05, 4.69) is 4.98 Å². The number of hydrogen-bond acceptors (Lipinski definition) is 3. The molecule has 0 aliphatic carbocycles. The standard InChI is InChI=1S/C8H13N3O2/c1-6(9)3-5-11-7(12)2-4-10-8(11)13/h2,4,6H,3,5,9H2,1H3,(H,10,13). The molecule has 1 rings (SSSR count). The van der Waals surface area contributed by atoms with Crippen molar-refractivity contribution < 1.29 is 0 Å². The molecule has 1 heterocycles. The highest BCUT2D eigenvalue weighted by molar-refractivity contribution is 4.82. The van der Waals surface area contributed by atoms with E-state index in [9.17, 15) is 9.59 Å². The Hall–Kier alpha value is -1.36. The van der Waals surface area contributed by atoms with Crippen molar-refractivity contribution in [1.29, 1.82) is 0 Å². The number of rotatable bonds is 3. The lowest BCUT2D eigenvalue weighted by Crippen LogP contribution is -2.35. The molecule has 0 saturated carbocycles. The van der Waals surface area contributed by atoms with Crippen molar-refractivity contribution in [3.8, 4) is 0 Å². The molecule has 0 radical (unpaired) electrons. The molecule has 3 N–H and O–H groups in total. The Bertz CT molecular complexity index is 349. The van der Waals surface area contributed by atoms with Gasteiger partial charge in [0.2, 0.25) is 0 Å². The first kappa shape index (κ1) is 9.73. The number of aromatic amines is 1. The van der Waals surface area contributed by atoms with Crippen molar-refractivity contribution in [2.75, 3.05) is 0 Å². The predicted molar refractivity (Wildman–Crippen MR) is 49.6 cm³/mol. The van der Waals surface area contributed by atoms with Crippen LogP contribution in [0.5, 0.6) is 0 Å². The lowest BCUT2D eigenvalue weighted by Gasteiger charge is -2.05. The van der Waals surface area contributed by atoms with Crippen molar-refractivity contribution in [2.45, 2.75) is 25.9 Å². The summed E-state index contributed by atoms with van der Waals surface area (Å²) in [7, 11) is 0. The number of H-pyrrole nitrogens is 1. The molecule has 1 unspecified atom stereocenters. The fourth-order valence-corrected chi connectivity index (χ4v) is 0.997. The van der Waals surface area contributed by atoms with Crippen LogP contribution in [0.2, 0.25) is 0 Å². The SMILES string of the molecule is CC(N)CCn1c(=O)cc[nH]c1=O. The first-order valence-electron chi connectivity index (χ1n) is 4.15. The number of hydrogen-bond donors (Lipinski definition) is 2. The fourth-order valence-electron chi connectivity index (χ4n) is 0.997. The number of nitrogens with zero attached hydrogens (tertiary/aromatic N) is 1. The minimum absolute atomic E-state index is 0.00786. The summed E-state index contributed by atoms with van der Waals surface area (Å²) in [6, 6.07) is 1.31. The second-order valence-electron chi connectivity index (χ2n) is 3.04. The van der Waals surface area contributed by atoms with Gasteiger partial charge in [-0.15, -0.1) is 0 Å². The average Bonchev–Trinajstić information content (AvgIpc) is 2.03. The molecule has 0 amide bonds. The summed E-state index contributed by atoms with van der Waals surface area (Å²) in [6.07, 6.45) is 1.96. The zero-order valence-corrected chi connectivity index (χ0v) is 7.49. The summed E-state index contributed by atoms with van der Waals surface area (Å²) in [6.45, 7) is 2.20. The maximum atomic E-state index is 11.2. The maximum Gasteiger partial charge on any atom is 0.328 e. The van der Waals surface area contributed by atoms with Crippen molar-refractivity contribution in [3.63, 3.8) is 0 Å². The monoisotopic (exact) mass is 183 g/mol. The predicted octanol–water partition coefficient (Wildman–Crippen LogP) is -0.726. The van der Waals surface area contributed by atoms with Crippen LogP contribution in [0.25, 0.3) is 0 Å². The first-order valence-corrected chi connectivity index (χ1v) is 4.15. The second-order valence-corrected chi connectivity index (χ2v) is 3.04. The quantitative estimate of drug-likeness (QED) is 0.648. The molecule has 72 valence electrons. The maximum absolute atomic E-state index is 11.2. The Morgan fingerprint density at radius 2 is 2.31 bits per heavy atom. The summed E-state index contributed by atoms with van der Waals surface area (Å²) in [5, 5.41) is 0. The lowest BCUT2D eigenvalue weighted by atomic mass is 10.2. The third-order valence-electron chi connectivity index (χ3n) is 1.75. The molecule has 0 bridgehead atoms. The Morgan fingerprint density at radius 3 is 2.85 bits per heavy atom. The molecule has 5 nitrogen and oxygen atoms in total. The molecule has 0 spiro atoms. The van der Waals surface area contributed by atoms with E-state index in [0.29, 0.717) is 13.0 Å². The molecule has 1 aromatic heterocycles. The molecule has 0 aliphatic rings. The Labute approximate surface area is 75.2 Å². The van der Waals surface area contributed by atoms with E-state index in [-0.39, 0.29) is 17.3 Å². The van der Waals surface area contributed by atoms with Gasteiger partial charge in [-0.1, -0.05) is 0 Å². The lowest BCUT2D eigenvalue weighted by molar-refractivity contribution is 0.539. The minimum Gasteiger partial charge on any atom is -0.328 e. The van der Waals surface area contributed by atoms with Gasteiger partial charge in [-0.2, -0.15) is 0 Å². The van der Waals surface area contributed by atoms with E-state index < -0.39 is 0 Å². The van der Waals surface area contributed by atoms with Gasteiger partial charge in [-0.05, 0) is 13.3 Å². The number of nitrogens with two attached hydrogens (primary N) is 1. The van der Waals surface area contributed by atoms with E-state index in [1.165, 1.54) is 12.3 Å². The molecule has 0 aromatic carbocycles. The molecule has 13 heavy (non-hydrogen) atoms. The summed E-state index contributed by atoms with van der Waals surface area (Å²) in [5.74, 6) is 0. The van der Waals surface area contributed by atoms with Crippen LogP contribution >= 0.6 is 0 Å². The van der Waals surface area contributed by atoms with E-state index in [0.717, 1.165) is 4.57 Å². The van der Waals surface area contributed by atoms with Crippen LogP contribution < -0.4 is 17.0 Å². The van der Waals surface area contributed by atoms with Crippen LogP contribution in [0.4, 0.5) is 0 Å². The first-order chi connectivity index (χ1) is 6.11. The zero-order valence-electron chi connectivity index (χ0n) is 7.49. The minimum atomic E-state index is -0.381. The van der Waals surface area contributed by atoms with E-state index >= 15 is 0 Å². The van der Waals surface area contributed by atoms with Crippen LogP contribution in [-0.2, 0) is 6.54 Å². The van der Waals surface area contributed by atoms with Gasteiger partial charge < -0.3 is 10.7 Å². The Morgan fingerprint density at radius 1 is 1.62 bits per heavy atom. The highest BCUT2D eigenvalue weighted by Crippen LogP contribution is 1.86. The second kappa shape index (κ2) is 4.04. The van der Waals surface area contributed by atoms with Crippen LogP contribution in [0.1, 0.15) is 13.3 Å². The summed E-state index contributed by atoms with van der Waals surface area (Å²) in [5.41, 5.74) is 4.84. The smallest absolute Gasteiger partial charge is 0.328 e. The summed E-state index contributed by atoms with van der Waals surface area (Å²) >= 11 is 0. The Kier molecular flexibility index (Phi) is 3.02. The molecule has 1 atom stereocenters. The summed E-state index contributed by atoms with van der Waals surface area (Å²) in [4.78, 5) is 24.7. The van der Waals surface area contributed by atoms with Crippen molar-refractivity contribution >= 4 is 0 Å². The highest BCUT2D eigenvalue weighted by atomic mass is 16.2. The van der Waals surface area contributed by atoms with Crippen LogP contribution in [-0.4, -0.2) is 15.6 Å². The van der Waals surface area contributed by atoms with Gasteiger partial charge in [0.15, 0.2) is 0 Å². The highest BCUT2D eigenvalue weighted by Gasteiger charge is 2.00. The van der Waals surface area contributed by atoms with Crippen LogP contribution in [0.3, 0.4) is 0 Å². The van der Waals surface area contributed by atoms with E-state index in [1.54, 1.807) is 0 Å². The van der Waals surface area contributed by atoms with Gasteiger partial charge in [-0.25, -0.2) is 4.79 Å². The molecule has 0 saturated heterocycles. The fraction of sp³-hybridized carbons (Fsp3) is 0.500. The van der Waals surface area contributed by atoms with Crippen molar-refractivity contribution in [1.82, 2.24) is 9.55 Å².